The van der Waals surface area contributed by atoms with Crippen LogP contribution in [-0.2, 0) is 0 Å². The molecule has 0 spiro atoms. The van der Waals surface area contributed by atoms with Crippen molar-refractivity contribution in [3.05, 3.63) is 88.4 Å². The molecule has 0 aliphatic rings. The molecular formula is C22H19ClN2O3. The SMILES string of the molecule is COc1cccc(NC(=O)c2cccc(C(=O)Nc3ccc(Cl)cc3C)c2)c1. The van der Waals surface area contributed by atoms with E-state index in [1.54, 1.807) is 73.8 Å². The van der Waals surface area contributed by atoms with Crippen LogP contribution >= 0.6 is 11.6 Å². The van der Waals surface area contributed by atoms with E-state index in [0.29, 0.717) is 33.3 Å². The maximum absolute atomic E-state index is 12.6. The average molecular weight is 395 g/mol. The molecule has 0 radical (unpaired) electrons. The Morgan fingerprint density at radius 1 is 0.857 bits per heavy atom. The van der Waals surface area contributed by atoms with E-state index in [1.165, 1.54) is 0 Å². The lowest BCUT2D eigenvalue weighted by molar-refractivity contribution is 0.102. The zero-order valence-corrected chi connectivity index (χ0v) is 16.2. The number of carbonyl (C=O) groups excluding carboxylic acids is 2. The van der Waals surface area contributed by atoms with Crippen molar-refractivity contribution in [3.8, 4) is 5.75 Å². The van der Waals surface area contributed by atoms with Gasteiger partial charge in [0.15, 0.2) is 0 Å². The number of ether oxygens (including phenoxy) is 1. The molecule has 3 aromatic carbocycles. The van der Waals surface area contributed by atoms with Gasteiger partial charge in [0.1, 0.15) is 5.75 Å². The molecule has 28 heavy (non-hydrogen) atoms. The maximum Gasteiger partial charge on any atom is 0.255 e. The predicted molar refractivity (Wildman–Crippen MR) is 112 cm³/mol. The van der Waals surface area contributed by atoms with Crippen LogP contribution in [0.4, 0.5) is 11.4 Å². The summed E-state index contributed by atoms with van der Waals surface area (Å²) in [6.07, 6.45) is 0. The van der Waals surface area contributed by atoms with E-state index in [1.807, 2.05) is 6.92 Å². The van der Waals surface area contributed by atoms with E-state index < -0.39 is 0 Å². The third-order valence-electron chi connectivity index (χ3n) is 4.15. The Balaban J connectivity index is 1.75. The lowest BCUT2D eigenvalue weighted by Gasteiger charge is -2.10. The van der Waals surface area contributed by atoms with Gasteiger partial charge in [0, 0.05) is 33.6 Å². The lowest BCUT2D eigenvalue weighted by atomic mass is 10.1. The monoisotopic (exact) mass is 394 g/mol. The van der Waals surface area contributed by atoms with Crippen molar-refractivity contribution in [1.82, 2.24) is 0 Å². The van der Waals surface area contributed by atoms with Crippen molar-refractivity contribution in [2.24, 2.45) is 0 Å². The molecule has 2 amide bonds. The Morgan fingerprint density at radius 2 is 1.54 bits per heavy atom. The summed E-state index contributed by atoms with van der Waals surface area (Å²) >= 11 is 5.95. The second-order valence-electron chi connectivity index (χ2n) is 6.18. The third kappa shape index (κ3) is 4.69. The highest BCUT2D eigenvalue weighted by atomic mass is 35.5. The van der Waals surface area contributed by atoms with Crippen molar-refractivity contribution in [1.29, 1.82) is 0 Å². The number of hydrogen-bond donors (Lipinski definition) is 2. The van der Waals surface area contributed by atoms with Gasteiger partial charge in [-0.15, -0.1) is 0 Å². The van der Waals surface area contributed by atoms with E-state index in [-0.39, 0.29) is 11.8 Å². The Hall–Kier alpha value is -3.31. The minimum atomic E-state index is -0.314. The number of carbonyl (C=O) groups is 2. The molecule has 0 heterocycles. The molecule has 0 saturated carbocycles. The zero-order valence-electron chi connectivity index (χ0n) is 15.5. The number of methoxy groups -OCH3 is 1. The summed E-state index contributed by atoms with van der Waals surface area (Å²) in [6, 6.07) is 18.8. The second-order valence-corrected chi connectivity index (χ2v) is 6.62. The molecule has 5 nitrogen and oxygen atoms in total. The van der Waals surface area contributed by atoms with Crippen molar-refractivity contribution >= 4 is 34.8 Å². The van der Waals surface area contributed by atoms with Crippen LogP contribution in [0.15, 0.2) is 66.7 Å². The molecule has 0 atom stereocenters. The van der Waals surface area contributed by atoms with Crippen LogP contribution in [0, 0.1) is 6.92 Å². The fourth-order valence-corrected chi connectivity index (χ4v) is 2.89. The molecule has 0 unspecified atom stereocenters. The molecule has 0 bridgehead atoms. The second kappa shape index (κ2) is 8.59. The van der Waals surface area contributed by atoms with Gasteiger partial charge in [-0.1, -0.05) is 23.7 Å². The molecule has 0 saturated heterocycles. The standard InChI is InChI=1S/C22H19ClN2O3/c1-14-11-17(23)9-10-20(14)25-22(27)16-6-3-5-15(12-16)21(26)24-18-7-4-8-19(13-18)28-2/h3-13H,1-2H3,(H,24,26)(H,25,27). The van der Waals surface area contributed by atoms with Crippen LogP contribution in [0.25, 0.3) is 0 Å². The normalized spacial score (nSPS) is 10.2. The first-order valence-corrected chi connectivity index (χ1v) is 8.97. The van der Waals surface area contributed by atoms with Crippen molar-refractivity contribution in [2.45, 2.75) is 6.92 Å². The first kappa shape index (κ1) is 19.5. The van der Waals surface area contributed by atoms with Gasteiger partial charge in [-0.3, -0.25) is 9.59 Å². The van der Waals surface area contributed by atoms with Gasteiger partial charge in [-0.2, -0.15) is 0 Å². The highest BCUT2D eigenvalue weighted by Gasteiger charge is 2.12. The first-order chi connectivity index (χ1) is 13.5. The van der Waals surface area contributed by atoms with Crippen LogP contribution in [-0.4, -0.2) is 18.9 Å². The van der Waals surface area contributed by atoms with E-state index in [4.69, 9.17) is 16.3 Å². The van der Waals surface area contributed by atoms with Gasteiger partial charge >= 0.3 is 0 Å². The van der Waals surface area contributed by atoms with Gasteiger partial charge < -0.3 is 15.4 Å². The Labute approximate surface area is 168 Å². The Bertz CT molecular complexity index is 1030. The van der Waals surface area contributed by atoms with E-state index in [0.717, 1.165) is 5.56 Å². The molecule has 3 rings (SSSR count). The highest BCUT2D eigenvalue weighted by Crippen LogP contribution is 2.21. The summed E-state index contributed by atoms with van der Waals surface area (Å²) in [5.74, 6) is 0.0243. The van der Waals surface area contributed by atoms with Crippen LogP contribution in [0.1, 0.15) is 26.3 Å². The number of aryl methyl sites for hydroxylation is 1. The van der Waals surface area contributed by atoms with Crippen LogP contribution in [0.2, 0.25) is 5.02 Å². The number of rotatable bonds is 5. The Morgan fingerprint density at radius 3 is 2.21 bits per heavy atom. The molecule has 0 aliphatic heterocycles. The van der Waals surface area contributed by atoms with Crippen LogP contribution in [0.5, 0.6) is 5.75 Å². The molecular weight excluding hydrogens is 376 g/mol. The molecule has 2 N–H and O–H groups in total. The van der Waals surface area contributed by atoms with E-state index in [2.05, 4.69) is 10.6 Å². The summed E-state index contributed by atoms with van der Waals surface area (Å²) in [4.78, 5) is 25.1. The fourth-order valence-electron chi connectivity index (χ4n) is 2.67. The summed E-state index contributed by atoms with van der Waals surface area (Å²) in [5.41, 5.74) is 2.89. The number of benzene rings is 3. The topological polar surface area (TPSA) is 67.4 Å². The summed E-state index contributed by atoms with van der Waals surface area (Å²) in [5, 5.41) is 6.24. The van der Waals surface area contributed by atoms with Gasteiger partial charge in [-0.25, -0.2) is 0 Å². The maximum atomic E-state index is 12.6. The molecule has 0 aliphatic carbocycles. The number of nitrogens with one attached hydrogen (secondary N) is 2. The minimum absolute atomic E-state index is 0.304. The van der Waals surface area contributed by atoms with Crippen molar-refractivity contribution in [2.75, 3.05) is 17.7 Å². The molecule has 0 fully saturated rings. The van der Waals surface area contributed by atoms with Gasteiger partial charge in [-0.05, 0) is 61.0 Å². The molecule has 3 aromatic rings. The van der Waals surface area contributed by atoms with Gasteiger partial charge in [0.05, 0.1) is 7.11 Å². The van der Waals surface area contributed by atoms with Crippen molar-refractivity contribution < 1.29 is 14.3 Å². The third-order valence-corrected chi connectivity index (χ3v) is 4.39. The van der Waals surface area contributed by atoms with E-state index >= 15 is 0 Å². The number of halogens is 1. The number of amides is 2. The zero-order chi connectivity index (χ0) is 20.1. The van der Waals surface area contributed by atoms with Crippen LogP contribution < -0.4 is 15.4 Å². The minimum Gasteiger partial charge on any atom is -0.497 e. The largest absolute Gasteiger partial charge is 0.497 e. The summed E-state index contributed by atoms with van der Waals surface area (Å²) < 4.78 is 5.15. The summed E-state index contributed by atoms with van der Waals surface area (Å²) in [6.45, 7) is 1.86. The predicted octanol–water partition coefficient (Wildman–Crippen LogP) is 5.16. The van der Waals surface area contributed by atoms with E-state index in [9.17, 15) is 9.59 Å². The lowest BCUT2D eigenvalue weighted by Crippen LogP contribution is -2.16. The molecule has 0 aromatic heterocycles. The van der Waals surface area contributed by atoms with Gasteiger partial charge in [0.2, 0.25) is 0 Å². The highest BCUT2D eigenvalue weighted by molar-refractivity contribution is 6.30. The quantitative estimate of drug-likeness (QED) is 0.628. The fraction of sp³-hybridized carbons (Fsp3) is 0.0909. The van der Waals surface area contributed by atoms with Crippen molar-refractivity contribution in [3.63, 3.8) is 0 Å². The number of hydrogen-bond acceptors (Lipinski definition) is 3. The summed E-state index contributed by atoms with van der Waals surface area (Å²) in [7, 11) is 1.56. The average Bonchev–Trinajstić information content (AvgIpc) is 2.70. The Kier molecular flexibility index (Phi) is 5.96. The van der Waals surface area contributed by atoms with Gasteiger partial charge in [0.25, 0.3) is 11.8 Å². The number of anilines is 2. The first-order valence-electron chi connectivity index (χ1n) is 8.59. The van der Waals surface area contributed by atoms with Crippen LogP contribution in [0.3, 0.4) is 0 Å². The smallest absolute Gasteiger partial charge is 0.255 e. The molecule has 6 heteroatoms. The molecule has 142 valence electrons.